The summed E-state index contributed by atoms with van der Waals surface area (Å²) >= 11 is 1.55. The number of hydrogen-bond donors (Lipinski definition) is 3. The van der Waals surface area contributed by atoms with E-state index in [0.29, 0.717) is 19.5 Å². The van der Waals surface area contributed by atoms with Gasteiger partial charge in [0.1, 0.15) is 12.6 Å². The minimum atomic E-state index is -0.686. The Labute approximate surface area is 234 Å². The van der Waals surface area contributed by atoms with Crippen molar-refractivity contribution in [2.24, 2.45) is 11.7 Å². The molecule has 3 heterocycles. The Balaban J connectivity index is 1.32. The van der Waals surface area contributed by atoms with E-state index in [1.54, 1.807) is 29.4 Å². The maximum atomic E-state index is 13.2. The van der Waals surface area contributed by atoms with Gasteiger partial charge in [0.25, 0.3) is 0 Å². The minimum absolute atomic E-state index is 0.00323. The smallest absolute Gasteiger partial charge is 0.245 e. The molecule has 0 aliphatic carbocycles. The minimum Gasteiger partial charge on any atom is -0.370 e. The van der Waals surface area contributed by atoms with Crippen LogP contribution in [0, 0.1) is 11.3 Å². The molecule has 3 amide bonds. The molecule has 0 saturated carbocycles. The number of carbonyl (C=O) groups excluding carboxylic acids is 3. The lowest BCUT2D eigenvalue weighted by Gasteiger charge is -2.39. The zero-order valence-electron chi connectivity index (χ0n) is 22.6. The summed E-state index contributed by atoms with van der Waals surface area (Å²) in [5.74, 6) is -0.244. The molecule has 210 valence electrons. The molecule has 1 aromatic heterocycles. The van der Waals surface area contributed by atoms with E-state index in [1.165, 1.54) is 10.5 Å². The monoisotopic (exact) mass is 553 g/mol. The van der Waals surface area contributed by atoms with Gasteiger partial charge < -0.3 is 25.8 Å². The van der Waals surface area contributed by atoms with E-state index in [0.717, 1.165) is 43.7 Å². The van der Waals surface area contributed by atoms with Crippen molar-refractivity contribution < 1.29 is 14.4 Å². The van der Waals surface area contributed by atoms with Crippen LogP contribution < -0.4 is 11.1 Å². The van der Waals surface area contributed by atoms with Gasteiger partial charge in [0.2, 0.25) is 17.7 Å². The number of nitrogens with two attached hydrogens (primary N) is 1. The van der Waals surface area contributed by atoms with Gasteiger partial charge in [-0.05, 0) is 50.5 Å². The molecular formula is C28H39N7O3S. The van der Waals surface area contributed by atoms with Crippen LogP contribution in [0.2, 0.25) is 0 Å². The summed E-state index contributed by atoms with van der Waals surface area (Å²) in [5, 5.41) is 13.7. The highest BCUT2D eigenvalue weighted by Gasteiger charge is 2.37. The van der Waals surface area contributed by atoms with Crippen molar-refractivity contribution in [3.05, 3.63) is 52.5 Å². The fraction of sp³-hybridized carbons (Fsp3) is 0.536. The zero-order chi connectivity index (χ0) is 27.8. The molecule has 0 radical (unpaired) electrons. The summed E-state index contributed by atoms with van der Waals surface area (Å²) in [5.41, 5.74) is 6.92. The molecule has 2 aliphatic rings. The molecular weight excluding hydrogens is 514 g/mol. The Morgan fingerprint density at radius 2 is 2.08 bits per heavy atom. The van der Waals surface area contributed by atoms with Gasteiger partial charge in [0.05, 0.1) is 11.6 Å². The predicted octanol–water partition coefficient (Wildman–Crippen LogP) is 1.86. The Kier molecular flexibility index (Phi) is 9.91. The maximum Gasteiger partial charge on any atom is 0.245 e. The number of benzene rings is 1. The summed E-state index contributed by atoms with van der Waals surface area (Å²) in [7, 11) is 0. The highest BCUT2D eigenvalue weighted by Crippen LogP contribution is 2.23. The highest BCUT2D eigenvalue weighted by atomic mass is 32.1. The number of hydrogen-bond acceptors (Lipinski definition) is 6. The number of rotatable bonds is 11. The van der Waals surface area contributed by atoms with Crippen LogP contribution in [0.25, 0.3) is 0 Å². The highest BCUT2D eigenvalue weighted by molar-refractivity contribution is 7.09. The molecule has 2 saturated heterocycles. The van der Waals surface area contributed by atoms with E-state index in [9.17, 15) is 14.4 Å². The lowest BCUT2D eigenvalue weighted by molar-refractivity contribution is -0.156. The third kappa shape index (κ3) is 8.01. The molecule has 3 atom stereocenters. The third-order valence-corrected chi connectivity index (χ3v) is 8.38. The van der Waals surface area contributed by atoms with Crippen molar-refractivity contribution in [1.82, 2.24) is 25.0 Å². The van der Waals surface area contributed by atoms with Crippen molar-refractivity contribution >= 4 is 35.0 Å². The standard InChI is InChI=1S/C28H39N7O3S/c1-20-27(38)33(12-5-9-21-7-3-2-4-8-21)19-26(37)35(20)18-24(36)32-23(16-25-31-11-14-39-25)15-22-10-6-13-34(17-22)28(29)30/h2-4,7-8,11,14,20,22-23H,5-6,9-10,12-13,15-19H2,1H3,(H3,29,30)(H,32,36). The van der Waals surface area contributed by atoms with Gasteiger partial charge in [-0.2, -0.15) is 0 Å². The van der Waals surface area contributed by atoms with Crippen LogP contribution in [-0.4, -0.2) is 88.2 Å². The van der Waals surface area contributed by atoms with Crippen LogP contribution in [0.3, 0.4) is 0 Å². The third-order valence-electron chi connectivity index (χ3n) is 7.58. The molecule has 39 heavy (non-hydrogen) atoms. The molecule has 1 aromatic carbocycles. The van der Waals surface area contributed by atoms with Gasteiger partial charge in [0, 0.05) is 43.7 Å². The van der Waals surface area contributed by atoms with Crippen molar-refractivity contribution in [2.75, 3.05) is 32.7 Å². The first-order chi connectivity index (χ1) is 18.8. The molecule has 4 N–H and O–H groups in total. The number of amides is 3. The van der Waals surface area contributed by atoms with E-state index in [2.05, 4.69) is 22.4 Å². The number of piperazine rings is 1. The molecule has 11 heteroatoms. The second kappa shape index (κ2) is 13.5. The van der Waals surface area contributed by atoms with E-state index >= 15 is 0 Å². The van der Waals surface area contributed by atoms with Gasteiger partial charge >= 0.3 is 0 Å². The van der Waals surface area contributed by atoms with Crippen LogP contribution in [-0.2, 0) is 27.2 Å². The normalized spacial score (nSPS) is 20.7. The Hall–Kier alpha value is -3.47. The average molecular weight is 554 g/mol. The summed E-state index contributed by atoms with van der Waals surface area (Å²) in [6.07, 6.45) is 6.64. The van der Waals surface area contributed by atoms with Crippen molar-refractivity contribution in [3.63, 3.8) is 0 Å². The van der Waals surface area contributed by atoms with E-state index in [4.69, 9.17) is 11.1 Å². The Bertz CT molecular complexity index is 1130. The number of aromatic nitrogens is 1. The number of nitrogens with one attached hydrogen (secondary N) is 2. The summed E-state index contributed by atoms with van der Waals surface area (Å²) < 4.78 is 0. The Morgan fingerprint density at radius 1 is 1.28 bits per heavy atom. The number of carbonyl (C=O) groups is 3. The topological polar surface area (TPSA) is 136 Å². The molecule has 2 aliphatic heterocycles. The molecule has 4 rings (SSSR count). The molecule has 0 bridgehead atoms. The number of piperidine rings is 1. The first kappa shape index (κ1) is 28.5. The number of nitrogens with zero attached hydrogens (tertiary/aromatic N) is 4. The fourth-order valence-electron chi connectivity index (χ4n) is 5.54. The second-order valence-electron chi connectivity index (χ2n) is 10.5. The van der Waals surface area contributed by atoms with Crippen molar-refractivity contribution in [2.45, 2.75) is 57.5 Å². The SMILES string of the molecule is CC1C(=O)N(CCCc2ccccc2)CC(=O)N1CC(=O)NC(Cc1nccs1)CC1CCCN(C(=N)N)C1. The average Bonchev–Trinajstić information content (AvgIpc) is 3.43. The summed E-state index contributed by atoms with van der Waals surface area (Å²) in [6.45, 7) is 3.52. The van der Waals surface area contributed by atoms with Gasteiger partial charge in [0.15, 0.2) is 5.96 Å². The molecule has 3 unspecified atom stereocenters. The van der Waals surface area contributed by atoms with Crippen LogP contribution in [0.15, 0.2) is 41.9 Å². The molecule has 2 fully saturated rings. The number of aryl methyl sites for hydroxylation is 1. The zero-order valence-corrected chi connectivity index (χ0v) is 23.4. The van der Waals surface area contributed by atoms with Crippen LogP contribution in [0.1, 0.15) is 43.2 Å². The van der Waals surface area contributed by atoms with Gasteiger partial charge in [-0.1, -0.05) is 30.3 Å². The molecule has 2 aromatic rings. The summed E-state index contributed by atoms with van der Waals surface area (Å²) in [6, 6.07) is 9.22. The fourth-order valence-corrected chi connectivity index (χ4v) is 6.24. The van der Waals surface area contributed by atoms with E-state index in [-0.39, 0.29) is 48.7 Å². The van der Waals surface area contributed by atoms with Gasteiger partial charge in [-0.15, -0.1) is 11.3 Å². The van der Waals surface area contributed by atoms with Gasteiger partial charge in [-0.25, -0.2) is 4.98 Å². The van der Waals surface area contributed by atoms with Crippen molar-refractivity contribution in [3.8, 4) is 0 Å². The van der Waals surface area contributed by atoms with Gasteiger partial charge in [-0.3, -0.25) is 19.8 Å². The number of likely N-dealkylation sites (tertiary alicyclic amines) is 1. The molecule has 0 spiro atoms. The van der Waals surface area contributed by atoms with E-state index in [1.807, 2.05) is 28.5 Å². The van der Waals surface area contributed by atoms with Crippen LogP contribution in [0.4, 0.5) is 0 Å². The second-order valence-corrected chi connectivity index (χ2v) is 11.5. The summed E-state index contributed by atoms with van der Waals surface area (Å²) in [4.78, 5) is 48.5. The number of guanidine groups is 1. The maximum absolute atomic E-state index is 13.2. The lowest BCUT2D eigenvalue weighted by atomic mass is 9.90. The largest absolute Gasteiger partial charge is 0.370 e. The quantitative estimate of drug-likeness (QED) is 0.287. The van der Waals surface area contributed by atoms with Crippen LogP contribution in [0.5, 0.6) is 0 Å². The van der Waals surface area contributed by atoms with E-state index < -0.39 is 6.04 Å². The van der Waals surface area contributed by atoms with Crippen LogP contribution >= 0.6 is 11.3 Å². The number of thiazole rings is 1. The predicted molar refractivity (Wildman–Crippen MR) is 151 cm³/mol. The lowest BCUT2D eigenvalue weighted by Crippen LogP contribution is -2.61. The molecule has 10 nitrogen and oxygen atoms in total. The first-order valence-corrected chi connectivity index (χ1v) is 14.6. The first-order valence-electron chi connectivity index (χ1n) is 13.7. The Morgan fingerprint density at radius 3 is 2.79 bits per heavy atom. The van der Waals surface area contributed by atoms with Crippen molar-refractivity contribution in [1.29, 1.82) is 5.41 Å².